The lowest BCUT2D eigenvalue weighted by molar-refractivity contribution is 0.00521. The molecule has 0 fully saturated rings. The van der Waals surface area contributed by atoms with E-state index in [2.05, 4.69) is 10.6 Å². The van der Waals surface area contributed by atoms with Crippen molar-refractivity contribution in [2.75, 3.05) is 40.3 Å². The molecule has 2 N–H and O–H groups in total. The van der Waals surface area contributed by atoms with Gasteiger partial charge in [0.25, 0.3) is 0 Å². The number of rotatable bonds is 8. The van der Waals surface area contributed by atoms with Gasteiger partial charge in [0.05, 0.1) is 33.6 Å². The first-order valence-corrected chi connectivity index (χ1v) is 8.90. The third-order valence-electron chi connectivity index (χ3n) is 4.39. The molecule has 0 bridgehead atoms. The Morgan fingerprint density at radius 3 is 2.18 bits per heavy atom. The molecule has 1 unspecified atom stereocenters. The van der Waals surface area contributed by atoms with Crippen LogP contribution < -0.4 is 24.8 Å². The maximum Gasteiger partial charge on any atom is 0.319 e. The molecule has 2 aromatic rings. The first-order chi connectivity index (χ1) is 13.4. The summed E-state index contributed by atoms with van der Waals surface area (Å²) in [7, 11) is 6.12. The van der Waals surface area contributed by atoms with Crippen LogP contribution in [0.25, 0.3) is 0 Å². The summed E-state index contributed by atoms with van der Waals surface area (Å²) in [5.74, 6) is 1.33. The van der Waals surface area contributed by atoms with Gasteiger partial charge < -0.3 is 29.6 Å². The van der Waals surface area contributed by atoms with Gasteiger partial charge in [0.1, 0.15) is 5.60 Å². The van der Waals surface area contributed by atoms with Crippen molar-refractivity contribution in [1.29, 1.82) is 0 Å². The van der Waals surface area contributed by atoms with Gasteiger partial charge in [-0.15, -0.1) is 0 Å². The molecule has 2 amide bonds. The Morgan fingerprint density at radius 2 is 1.68 bits per heavy atom. The van der Waals surface area contributed by atoms with E-state index in [1.54, 1.807) is 25.3 Å². The predicted octanol–water partition coefficient (Wildman–Crippen LogP) is 4.05. The number of hydrogen-bond acceptors (Lipinski definition) is 5. The molecule has 0 radical (unpaired) electrons. The van der Waals surface area contributed by atoms with Crippen LogP contribution in [0.3, 0.4) is 0 Å². The van der Waals surface area contributed by atoms with Gasteiger partial charge >= 0.3 is 6.03 Å². The second kappa shape index (κ2) is 9.52. The number of amides is 2. The van der Waals surface area contributed by atoms with Gasteiger partial charge in [0, 0.05) is 24.3 Å². The van der Waals surface area contributed by atoms with Gasteiger partial charge in [-0.2, -0.15) is 0 Å². The van der Waals surface area contributed by atoms with Crippen molar-refractivity contribution in [2.24, 2.45) is 0 Å². The van der Waals surface area contributed by atoms with E-state index in [0.29, 0.717) is 28.0 Å². The van der Waals surface area contributed by atoms with E-state index in [9.17, 15) is 4.79 Å². The zero-order valence-electron chi connectivity index (χ0n) is 16.6. The molecule has 8 heteroatoms. The number of anilines is 1. The fraction of sp³-hybridized carbons (Fsp3) is 0.350. The minimum atomic E-state index is -0.739. The highest BCUT2D eigenvalue weighted by Crippen LogP contribution is 2.39. The molecule has 1 atom stereocenters. The number of methoxy groups -OCH3 is 4. The minimum absolute atomic E-state index is 0.236. The summed E-state index contributed by atoms with van der Waals surface area (Å²) < 4.78 is 21.5. The summed E-state index contributed by atoms with van der Waals surface area (Å²) in [6, 6.07) is 10.2. The number of halogens is 1. The predicted molar refractivity (Wildman–Crippen MR) is 109 cm³/mol. The van der Waals surface area contributed by atoms with Crippen LogP contribution in [-0.2, 0) is 10.3 Å². The van der Waals surface area contributed by atoms with Gasteiger partial charge in [0.2, 0.25) is 5.75 Å². The number of carbonyl (C=O) groups excluding carboxylic acids is 1. The average molecular weight is 409 g/mol. The van der Waals surface area contributed by atoms with Gasteiger partial charge in [-0.05, 0) is 24.6 Å². The maximum atomic E-state index is 12.4. The second-order valence-corrected chi connectivity index (χ2v) is 6.60. The molecule has 7 nitrogen and oxygen atoms in total. The van der Waals surface area contributed by atoms with Gasteiger partial charge in [0.15, 0.2) is 11.5 Å². The summed E-state index contributed by atoms with van der Waals surface area (Å²) >= 11 is 6.07. The molecule has 0 spiro atoms. The fourth-order valence-electron chi connectivity index (χ4n) is 2.69. The molecule has 152 valence electrons. The Labute approximate surface area is 169 Å². The minimum Gasteiger partial charge on any atom is -0.493 e. The number of urea groups is 1. The molecule has 0 aliphatic carbocycles. The Bertz CT molecular complexity index is 805. The smallest absolute Gasteiger partial charge is 0.319 e. The number of benzene rings is 2. The monoisotopic (exact) mass is 408 g/mol. The third kappa shape index (κ3) is 4.99. The summed E-state index contributed by atoms with van der Waals surface area (Å²) in [6.45, 7) is 2.11. The number of carbonyl (C=O) groups is 1. The highest BCUT2D eigenvalue weighted by atomic mass is 35.5. The lowest BCUT2D eigenvalue weighted by Gasteiger charge is -2.29. The molecule has 2 rings (SSSR count). The number of nitrogens with one attached hydrogen (secondary N) is 2. The molecule has 0 heterocycles. The highest BCUT2D eigenvalue weighted by Gasteiger charge is 2.27. The van der Waals surface area contributed by atoms with E-state index in [1.807, 2.05) is 25.1 Å². The molecule has 0 saturated carbocycles. The van der Waals surface area contributed by atoms with Crippen LogP contribution in [0.2, 0.25) is 5.02 Å². The maximum absolute atomic E-state index is 12.4. The van der Waals surface area contributed by atoms with Gasteiger partial charge in [-0.25, -0.2) is 4.79 Å². The fourth-order valence-corrected chi connectivity index (χ4v) is 2.88. The summed E-state index contributed by atoms with van der Waals surface area (Å²) in [5.41, 5.74) is 0.613. The van der Waals surface area contributed by atoms with E-state index in [-0.39, 0.29) is 6.54 Å². The molecule has 0 aliphatic heterocycles. The standard InChI is InChI=1S/C20H25ClN2O5/c1-20(28-5,13-7-6-8-14(21)9-13)12-22-19(24)23-15-10-16(25-2)18(27-4)17(11-15)26-3/h6-11H,12H2,1-5H3,(H2,22,23,24). The Hall–Kier alpha value is -2.64. The first-order valence-electron chi connectivity index (χ1n) is 8.53. The summed E-state index contributed by atoms with van der Waals surface area (Å²) in [5, 5.41) is 6.17. The Morgan fingerprint density at radius 1 is 1.04 bits per heavy atom. The van der Waals surface area contributed by atoms with Crippen molar-refractivity contribution in [2.45, 2.75) is 12.5 Å². The van der Waals surface area contributed by atoms with E-state index in [0.717, 1.165) is 5.56 Å². The molecular formula is C20H25ClN2O5. The largest absolute Gasteiger partial charge is 0.493 e. The summed E-state index contributed by atoms with van der Waals surface area (Å²) in [4.78, 5) is 12.4. The number of ether oxygens (including phenoxy) is 4. The van der Waals surface area contributed by atoms with Crippen molar-refractivity contribution in [3.63, 3.8) is 0 Å². The lowest BCUT2D eigenvalue weighted by atomic mass is 9.96. The van der Waals surface area contributed by atoms with Crippen molar-refractivity contribution in [1.82, 2.24) is 5.32 Å². The van der Waals surface area contributed by atoms with Gasteiger partial charge in [-0.3, -0.25) is 0 Å². The molecule has 2 aromatic carbocycles. The molecular weight excluding hydrogens is 384 g/mol. The quantitative estimate of drug-likeness (QED) is 0.689. The highest BCUT2D eigenvalue weighted by molar-refractivity contribution is 6.30. The molecule has 0 aliphatic rings. The third-order valence-corrected chi connectivity index (χ3v) is 4.63. The van der Waals surface area contributed by atoms with Crippen LogP contribution >= 0.6 is 11.6 Å². The zero-order valence-corrected chi connectivity index (χ0v) is 17.3. The topological polar surface area (TPSA) is 78.1 Å². The molecule has 0 saturated heterocycles. The van der Waals surface area contributed by atoms with Gasteiger partial charge in [-0.1, -0.05) is 23.7 Å². The van der Waals surface area contributed by atoms with Crippen LogP contribution in [0.15, 0.2) is 36.4 Å². The van der Waals surface area contributed by atoms with Crippen LogP contribution in [0.1, 0.15) is 12.5 Å². The van der Waals surface area contributed by atoms with Crippen LogP contribution in [0.5, 0.6) is 17.2 Å². The SMILES string of the molecule is COc1cc(NC(=O)NCC(C)(OC)c2cccc(Cl)c2)cc(OC)c1OC. The zero-order chi connectivity index (χ0) is 20.7. The van der Waals surface area contributed by atoms with Crippen LogP contribution in [0.4, 0.5) is 10.5 Å². The summed E-state index contributed by atoms with van der Waals surface area (Å²) in [6.07, 6.45) is 0. The van der Waals surface area contributed by atoms with Crippen LogP contribution in [-0.4, -0.2) is 41.0 Å². The van der Waals surface area contributed by atoms with E-state index < -0.39 is 11.6 Å². The molecule has 28 heavy (non-hydrogen) atoms. The lowest BCUT2D eigenvalue weighted by Crippen LogP contribution is -2.41. The first kappa shape index (κ1) is 21.7. The Balaban J connectivity index is 2.11. The number of hydrogen-bond donors (Lipinski definition) is 2. The van der Waals surface area contributed by atoms with E-state index >= 15 is 0 Å². The van der Waals surface area contributed by atoms with Crippen molar-refractivity contribution in [3.05, 3.63) is 47.0 Å². The molecule has 0 aromatic heterocycles. The van der Waals surface area contributed by atoms with Crippen LogP contribution in [0, 0.1) is 0 Å². The second-order valence-electron chi connectivity index (χ2n) is 6.17. The van der Waals surface area contributed by atoms with Crippen molar-refractivity contribution >= 4 is 23.3 Å². The van der Waals surface area contributed by atoms with E-state index in [4.69, 9.17) is 30.5 Å². The van der Waals surface area contributed by atoms with Crippen molar-refractivity contribution < 1.29 is 23.7 Å². The average Bonchev–Trinajstić information content (AvgIpc) is 2.71. The Kier molecular flexibility index (Phi) is 7.37. The normalized spacial score (nSPS) is 12.6. The van der Waals surface area contributed by atoms with Crippen molar-refractivity contribution in [3.8, 4) is 17.2 Å². The van der Waals surface area contributed by atoms with E-state index in [1.165, 1.54) is 21.3 Å².